The molecule has 1 N–H and O–H groups in total. The normalized spacial score (nSPS) is 14.7. The molecule has 0 radical (unpaired) electrons. The van der Waals surface area contributed by atoms with Crippen molar-refractivity contribution in [1.82, 2.24) is 29.5 Å². The number of imidazole rings is 1. The smallest absolute Gasteiger partial charge is 0.326 e. The van der Waals surface area contributed by atoms with Crippen LogP contribution in [0, 0.1) is 6.92 Å². The van der Waals surface area contributed by atoms with Gasteiger partial charge in [-0.1, -0.05) is 47.1 Å². The molecule has 176 valence electrons. The Bertz CT molecular complexity index is 1330. The fraction of sp³-hybridized carbons (Fsp3) is 0.360. The summed E-state index contributed by atoms with van der Waals surface area (Å²) < 4.78 is 6.93. The molecule has 9 heteroatoms. The lowest BCUT2D eigenvalue weighted by atomic mass is 10.1. The minimum atomic E-state index is -0.250. The van der Waals surface area contributed by atoms with Crippen LogP contribution in [0.25, 0.3) is 22.4 Å². The van der Waals surface area contributed by atoms with E-state index in [9.17, 15) is 9.59 Å². The standard InChI is InChI=1S/C25H28N6O3/c1-18-8-10-19(11-9-18)24-27-22(34-28-24)7-4-12-29-13-15-30(16-14-29)23(32)17-31-21-6-3-2-5-20(21)26-25(31)33/h2-3,5-6,8-11H,4,7,12-17H2,1H3,(H,26,33). The van der Waals surface area contributed by atoms with E-state index in [1.54, 1.807) is 0 Å². The fourth-order valence-electron chi connectivity index (χ4n) is 4.35. The molecule has 5 rings (SSSR count). The zero-order valence-electron chi connectivity index (χ0n) is 19.2. The lowest BCUT2D eigenvalue weighted by Crippen LogP contribution is -2.50. The minimum Gasteiger partial charge on any atom is -0.339 e. The van der Waals surface area contributed by atoms with Crippen molar-refractivity contribution in [2.24, 2.45) is 0 Å². The molecule has 0 atom stereocenters. The number of aromatic amines is 1. The highest BCUT2D eigenvalue weighted by Gasteiger charge is 2.22. The van der Waals surface area contributed by atoms with Gasteiger partial charge in [0.05, 0.1) is 11.0 Å². The van der Waals surface area contributed by atoms with Crippen LogP contribution < -0.4 is 5.69 Å². The second kappa shape index (κ2) is 9.64. The average molecular weight is 461 g/mol. The summed E-state index contributed by atoms with van der Waals surface area (Å²) >= 11 is 0. The molecule has 0 unspecified atom stereocenters. The van der Waals surface area contributed by atoms with Crippen molar-refractivity contribution >= 4 is 16.9 Å². The second-order valence-electron chi connectivity index (χ2n) is 8.74. The molecule has 1 saturated heterocycles. The number of H-pyrrole nitrogens is 1. The van der Waals surface area contributed by atoms with Crippen LogP contribution in [0.5, 0.6) is 0 Å². The number of piperazine rings is 1. The third-order valence-corrected chi connectivity index (χ3v) is 6.34. The third-order valence-electron chi connectivity index (χ3n) is 6.34. The van der Waals surface area contributed by atoms with E-state index in [1.807, 2.05) is 60.4 Å². The largest absolute Gasteiger partial charge is 0.339 e. The number of nitrogens with zero attached hydrogens (tertiary/aromatic N) is 5. The van der Waals surface area contributed by atoms with Crippen LogP contribution in [0.4, 0.5) is 0 Å². The zero-order chi connectivity index (χ0) is 23.5. The van der Waals surface area contributed by atoms with E-state index in [1.165, 1.54) is 10.1 Å². The lowest BCUT2D eigenvalue weighted by molar-refractivity contribution is -0.133. The van der Waals surface area contributed by atoms with Gasteiger partial charge < -0.3 is 14.4 Å². The summed E-state index contributed by atoms with van der Waals surface area (Å²) in [5.41, 5.74) is 3.40. The first kappa shape index (κ1) is 22.1. The highest BCUT2D eigenvalue weighted by Crippen LogP contribution is 2.17. The SMILES string of the molecule is Cc1ccc(-c2noc(CCCN3CCN(C(=O)Cn4c(=O)[nH]c5ccccc54)CC3)n2)cc1. The van der Waals surface area contributed by atoms with E-state index >= 15 is 0 Å². The molecule has 1 aliphatic heterocycles. The van der Waals surface area contributed by atoms with Crippen LogP contribution >= 0.6 is 0 Å². The molecule has 34 heavy (non-hydrogen) atoms. The topological polar surface area (TPSA) is 100 Å². The van der Waals surface area contributed by atoms with Gasteiger partial charge in [-0.2, -0.15) is 4.98 Å². The predicted molar refractivity (Wildman–Crippen MR) is 128 cm³/mol. The summed E-state index contributed by atoms with van der Waals surface area (Å²) in [5, 5.41) is 4.10. The molecule has 1 fully saturated rings. The first-order valence-electron chi connectivity index (χ1n) is 11.6. The summed E-state index contributed by atoms with van der Waals surface area (Å²) in [7, 11) is 0. The van der Waals surface area contributed by atoms with Gasteiger partial charge in [-0.05, 0) is 32.0 Å². The summed E-state index contributed by atoms with van der Waals surface area (Å²) in [4.78, 5) is 36.6. The quantitative estimate of drug-likeness (QED) is 0.455. The van der Waals surface area contributed by atoms with Crippen molar-refractivity contribution in [2.75, 3.05) is 32.7 Å². The number of carbonyl (C=O) groups excluding carboxylic acids is 1. The molecule has 2 aromatic heterocycles. The van der Waals surface area contributed by atoms with E-state index in [2.05, 4.69) is 20.0 Å². The van der Waals surface area contributed by atoms with Gasteiger partial charge in [0, 0.05) is 38.2 Å². The Balaban J connectivity index is 1.08. The molecule has 1 amide bonds. The molecule has 0 saturated carbocycles. The van der Waals surface area contributed by atoms with E-state index in [0.717, 1.165) is 49.1 Å². The Hall–Kier alpha value is -3.72. The molecule has 3 heterocycles. The highest BCUT2D eigenvalue weighted by molar-refractivity contribution is 5.80. The summed E-state index contributed by atoms with van der Waals surface area (Å²) in [6.45, 7) is 5.96. The molecule has 0 spiro atoms. The second-order valence-corrected chi connectivity index (χ2v) is 8.74. The fourth-order valence-corrected chi connectivity index (χ4v) is 4.35. The number of aromatic nitrogens is 4. The Kier molecular flexibility index (Phi) is 6.27. The van der Waals surface area contributed by atoms with Crippen molar-refractivity contribution in [3.8, 4) is 11.4 Å². The number of benzene rings is 2. The monoisotopic (exact) mass is 460 g/mol. The molecule has 0 bridgehead atoms. The van der Waals surface area contributed by atoms with Crippen LogP contribution in [-0.2, 0) is 17.8 Å². The average Bonchev–Trinajstić information content (AvgIpc) is 3.44. The highest BCUT2D eigenvalue weighted by atomic mass is 16.5. The summed E-state index contributed by atoms with van der Waals surface area (Å²) in [5.74, 6) is 1.24. The number of carbonyl (C=O) groups is 1. The zero-order valence-corrected chi connectivity index (χ0v) is 19.2. The molecule has 4 aromatic rings. The number of nitrogens with one attached hydrogen (secondary N) is 1. The van der Waals surface area contributed by atoms with E-state index in [-0.39, 0.29) is 18.1 Å². The molecular formula is C25H28N6O3. The van der Waals surface area contributed by atoms with Gasteiger partial charge >= 0.3 is 5.69 Å². The number of fused-ring (bicyclic) bond motifs is 1. The Morgan fingerprint density at radius 2 is 1.82 bits per heavy atom. The van der Waals surface area contributed by atoms with Crippen molar-refractivity contribution in [2.45, 2.75) is 26.3 Å². The first-order chi connectivity index (χ1) is 16.6. The first-order valence-corrected chi connectivity index (χ1v) is 11.6. The summed E-state index contributed by atoms with van der Waals surface area (Å²) in [6, 6.07) is 15.5. The van der Waals surface area contributed by atoms with Crippen molar-refractivity contribution in [3.63, 3.8) is 0 Å². The van der Waals surface area contributed by atoms with Crippen LogP contribution in [0.3, 0.4) is 0 Å². The van der Waals surface area contributed by atoms with Crippen LogP contribution in [0.1, 0.15) is 17.9 Å². The van der Waals surface area contributed by atoms with Crippen LogP contribution in [0.2, 0.25) is 0 Å². The number of rotatable bonds is 7. The Morgan fingerprint density at radius 3 is 2.62 bits per heavy atom. The molecule has 2 aromatic carbocycles. The van der Waals surface area contributed by atoms with Gasteiger partial charge in [0.15, 0.2) is 0 Å². The van der Waals surface area contributed by atoms with E-state index in [4.69, 9.17) is 4.52 Å². The third kappa shape index (κ3) is 4.79. The van der Waals surface area contributed by atoms with Crippen molar-refractivity contribution in [3.05, 3.63) is 70.5 Å². The molecule has 9 nitrogen and oxygen atoms in total. The molecule has 0 aliphatic carbocycles. The maximum absolute atomic E-state index is 12.8. The van der Waals surface area contributed by atoms with E-state index < -0.39 is 0 Å². The van der Waals surface area contributed by atoms with Gasteiger partial charge in [-0.3, -0.25) is 14.3 Å². The van der Waals surface area contributed by atoms with Gasteiger partial charge in [-0.15, -0.1) is 0 Å². The number of amides is 1. The predicted octanol–water partition coefficient (Wildman–Crippen LogP) is 2.47. The molecule has 1 aliphatic rings. The molecular weight excluding hydrogens is 432 g/mol. The van der Waals surface area contributed by atoms with Crippen LogP contribution in [-0.4, -0.2) is 68.1 Å². The number of aryl methyl sites for hydroxylation is 2. The maximum atomic E-state index is 12.8. The van der Waals surface area contributed by atoms with E-state index in [0.29, 0.717) is 24.8 Å². The maximum Gasteiger partial charge on any atom is 0.326 e. The number of para-hydroxylation sites is 2. The number of hydrogen-bond acceptors (Lipinski definition) is 6. The van der Waals surface area contributed by atoms with Gasteiger partial charge in [-0.25, -0.2) is 4.79 Å². The van der Waals surface area contributed by atoms with Crippen molar-refractivity contribution in [1.29, 1.82) is 0 Å². The van der Waals surface area contributed by atoms with Crippen LogP contribution in [0.15, 0.2) is 57.8 Å². The van der Waals surface area contributed by atoms with Gasteiger partial charge in [0.2, 0.25) is 17.6 Å². The van der Waals surface area contributed by atoms with Gasteiger partial charge in [0.25, 0.3) is 0 Å². The Labute approximate surface area is 197 Å². The minimum absolute atomic E-state index is 0.0269. The summed E-state index contributed by atoms with van der Waals surface area (Å²) in [6.07, 6.45) is 1.63. The van der Waals surface area contributed by atoms with Crippen molar-refractivity contribution < 1.29 is 9.32 Å². The number of hydrogen-bond donors (Lipinski definition) is 1. The van der Waals surface area contributed by atoms with Gasteiger partial charge in [0.1, 0.15) is 6.54 Å². The lowest BCUT2D eigenvalue weighted by Gasteiger charge is -2.34. The Morgan fingerprint density at radius 1 is 1.06 bits per heavy atom.